The largest absolute Gasteiger partial charge is 0.694 e. The summed E-state index contributed by atoms with van der Waals surface area (Å²) < 4.78 is 0. The van der Waals surface area contributed by atoms with Crippen LogP contribution in [-0.2, 0) is 34.7 Å². The fourth-order valence-electron chi connectivity index (χ4n) is 5.45. The van der Waals surface area contributed by atoms with Crippen molar-refractivity contribution in [3.63, 3.8) is 0 Å². The van der Waals surface area contributed by atoms with Gasteiger partial charge in [-0.05, 0) is 44.9 Å². The summed E-state index contributed by atoms with van der Waals surface area (Å²) in [5.41, 5.74) is 2.76. The minimum Gasteiger partial charge on any atom is -0.694 e. The van der Waals surface area contributed by atoms with E-state index in [1.165, 1.54) is 60.5 Å². The monoisotopic (exact) mass is 917 g/mol. The Hall–Kier alpha value is -2.37. The Morgan fingerprint density at radius 2 is 0.857 bits per heavy atom. The van der Waals surface area contributed by atoms with E-state index in [9.17, 15) is 0 Å². The molecule has 0 unspecified atom stereocenters. The van der Waals surface area contributed by atoms with Crippen molar-refractivity contribution in [1.29, 1.82) is 0 Å². The minimum absolute atomic E-state index is 0. The molecule has 0 bridgehead atoms. The first-order valence-corrected chi connectivity index (χ1v) is 22.3. The van der Waals surface area contributed by atoms with Gasteiger partial charge in [0.05, 0.1) is 0 Å². The van der Waals surface area contributed by atoms with Crippen molar-refractivity contribution in [2.75, 3.05) is 0 Å². The summed E-state index contributed by atoms with van der Waals surface area (Å²) in [6.45, 7) is 6.54. The smallest absolute Gasteiger partial charge is 0 e. The molecule has 49 heavy (non-hydrogen) atoms. The summed E-state index contributed by atoms with van der Waals surface area (Å²) in [5.74, 6) is 0.653. The second-order valence-corrected chi connectivity index (χ2v) is 16.6. The van der Waals surface area contributed by atoms with Crippen LogP contribution in [0.2, 0.25) is 0 Å². The molecule has 257 valence electrons. The topological polar surface area (TPSA) is 0 Å². The van der Waals surface area contributed by atoms with Crippen LogP contribution < -0.4 is 21.2 Å². The molecule has 0 radical (unpaired) electrons. The average Bonchev–Trinajstić information content (AvgIpc) is 3.88. The van der Waals surface area contributed by atoms with Gasteiger partial charge in [-0.1, -0.05) is 197 Å². The third-order valence-corrected chi connectivity index (χ3v) is 13.4. The average molecular weight is 916 g/mol. The molecule has 0 aromatic heterocycles. The van der Waals surface area contributed by atoms with Crippen molar-refractivity contribution in [1.82, 2.24) is 0 Å². The fourth-order valence-corrected chi connectivity index (χ4v) is 10.6. The maximum atomic E-state index is 4.67. The van der Waals surface area contributed by atoms with Crippen LogP contribution in [0, 0.1) is 32.6 Å². The van der Waals surface area contributed by atoms with Crippen LogP contribution >= 0.6 is 24.7 Å². The first-order valence-electron chi connectivity index (χ1n) is 16.2. The maximum Gasteiger partial charge on any atom is 0 e. The Bertz CT molecular complexity index is 1680. The molecular formula is C44H44ClFeOsP2-4. The number of hydrogen-bond acceptors (Lipinski definition) is 0. The van der Waals surface area contributed by atoms with Gasteiger partial charge < -0.3 is 31.0 Å². The normalized spacial score (nSPS) is 12.8. The van der Waals surface area contributed by atoms with Crippen molar-refractivity contribution in [2.24, 2.45) is 0 Å². The van der Waals surface area contributed by atoms with E-state index in [2.05, 4.69) is 226 Å². The Balaban J connectivity index is 0.000000200. The Labute approximate surface area is 322 Å². The molecule has 0 amide bonds. The van der Waals surface area contributed by atoms with E-state index in [-0.39, 0.29) is 17.1 Å². The van der Waals surface area contributed by atoms with Gasteiger partial charge in [0.25, 0.3) is 0 Å². The Morgan fingerprint density at radius 1 is 0.510 bits per heavy atom. The van der Waals surface area contributed by atoms with E-state index >= 15 is 0 Å². The number of aryl methyl sites for hydroxylation is 1. The molecule has 5 heteroatoms. The molecule has 1 saturated carbocycles. The zero-order valence-corrected chi connectivity index (χ0v) is 34.5. The second-order valence-electron chi connectivity index (χ2n) is 11.6. The number of rotatable bonds is 5. The fraction of sp³-hybridized carbons (Fsp3) is 0.0909. The van der Waals surface area contributed by atoms with E-state index in [0.717, 1.165) is 0 Å². The standard InChI is InChI=1S/2C17H15P.C10H14.ClH.Fe.Os/c2*1-3-9-15(10-4-1)18(17-13-7-8-14-17)16-11-5-2-6-12-16;1-8(2)10-6-4-9(3)5-7-10;;;/h2*1-14,18H;4-8H,1-3H3;1H;;/q;-4;;;;+1/p-1. The predicted molar refractivity (Wildman–Crippen MR) is 218 cm³/mol. The molecule has 0 nitrogen and oxygen atoms in total. The van der Waals surface area contributed by atoms with E-state index in [0.29, 0.717) is 5.92 Å². The van der Waals surface area contributed by atoms with Gasteiger partial charge in [-0.2, -0.15) is 0 Å². The molecule has 0 heterocycles. The van der Waals surface area contributed by atoms with Crippen LogP contribution in [0.5, 0.6) is 0 Å². The molecule has 0 aliphatic heterocycles. The minimum atomic E-state index is -0.834. The maximum absolute atomic E-state index is 4.67. The molecule has 0 N–H and O–H groups in total. The number of allylic oxidation sites excluding steroid dienone is 4. The third-order valence-electron chi connectivity index (χ3n) is 7.90. The summed E-state index contributed by atoms with van der Waals surface area (Å²) in [6, 6.07) is 52.0. The van der Waals surface area contributed by atoms with Crippen molar-refractivity contribution in [2.45, 2.75) is 26.7 Å². The SMILES string of the molecule is C1=CC(=[PH](c2ccccc2)c2ccccc2)C=C1.Cc1ccc(C(C)C)cc1.[Cl][Os].[Fe].c1ccc([PH](=C2[CH-][CH-][CH-][CH-]2)c2ccccc2)cc1. The molecular weight excluding hydrogens is 872 g/mol. The number of halogens is 1. The van der Waals surface area contributed by atoms with Gasteiger partial charge in [-0.3, -0.25) is 0 Å². The second kappa shape index (κ2) is 23.2. The Morgan fingerprint density at radius 3 is 1.20 bits per heavy atom. The van der Waals surface area contributed by atoms with Crippen LogP contribution in [0.25, 0.3) is 0 Å². The Kier molecular flexibility index (Phi) is 19.4. The van der Waals surface area contributed by atoms with Crippen LogP contribution in [0.3, 0.4) is 0 Å². The van der Waals surface area contributed by atoms with E-state index in [4.69, 9.17) is 0 Å². The van der Waals surface area contributed by atoms with Gasteiger partial charge in [-0.25, -0.2) is 0 Å². The molecule has 2 aliphatic carbocycles. The molecule has 0 atom stereocenters. The molecule has 0 saturated heterocycles. The first kappa shape index (κ1) is 41.1. The van der Waals surface area contributed by atoms with Crippen molar-refractivity contribution >= 4 is 56.5 Å². The molecule has 2 aliphatic rings. The van der Waals surface area contributed by atoms with Crippen molar-refractivity contribution in [3.05, 3.63) is 207 Å². The predicted octanol–water partition coefficient (Wildman–Crippen LogP) is 9.81. The van der Waals surface area contributed by atoms with Gasteiger partial charge in [-0.15, -0.1) is 7.55 Å². The van der Waals surface area contributed by atoms with Crippen molar-refractivity contribution in [3.8, 4) is 0 Å². The van der Waals surface area contributed by atoms with Crippen LogP contribution in [0.1, 0.15) is 30.9 Å². The summed E-state index contributed by atoms with van der Waals surface area (Å²) in [4.78, 5) is 0. The van der Waals surface area contributed by atoms with E-state index in [1.54, 1.807) is 0 Å². The summed E-state index contributed by atoms with van der Waals surface area (Å²) in [5, 5.41) is 8.69. The van der Waals surface area contributed by atoms with Gasteiger partial charge in [0.2, 0.25) is 0 Å². The molecule has 5 aromatic carbocycles. The van der Waals surface area contributed by atoms with E-state index < -0.39 is 15.1 Å². The van der Waals surface area contributed by atoms with Crippen LogP contribution in [0.15, 0.2) is 170 Å². The number of benzene rings is 5. The first-order chi connectivity index (χ1) is 23.6. The van der Waals surface area contributed by atoms with Crippen molar-refractivity contribution < 1.29 is 34.7 Å². The molecule has 0 spiro atoms. The van der Waals surface area contributed by atoms with Gasteiger partial charge >= 0.3 is 27.2 Å². The quantitative estimate of drug-likeness (QED) is 0.0937. The molecule has 5 aromatic rings. The van der Waals surface area contributed by atoms with Gasteiger partial charge in [0, 0.05) is 17.1 Å². The van der Waals surface area contributed by atoms with Gasteiger partial charge in [0.1, 0.15) is 0 Å². The zero-order chi connectivity index (χ0) is 34.0. The summed E-state index contributed by atoms with van der Waals surface area (Å²) in [6.07, 6.45) is 17.5. The third kappa shape index (κ3) is 13.0. The van der Waals surface area contributed by atoms with E-state index in [1.807, 2.05) is 0 Å². The molecule has 1 fully saturated rings. The zero-order valence-electron chi connectivity index (χ0n) is 28.1. The van der Waals surface area contributed by atoms with Crippen LogP contribution in [-0.4, -0.2) is 10.6 Å². The van der Waals surface area contributed by atoms with Crippen LogP contribution in [0.4, 0.5) is 0 Å². The number of hydrogen-bond donors (Lipinski definition) is 0. The van der Waals surface area contributed by atoms with Gasteiger partial charge in [0.15, 0.2) is 0 Å². The summed E-state index contributed by atoms with van der Waals surface area (Å²) >= 11 is 1.33. The summed E-state index contributed by atoms with van der Waals surface area (Å²) in [7, 11) is 3.00. The molecule has 7 rings (SSSR count).